The lowest BCUT2D eigenvalue weighted by Crippen LogP contribution is -2.02. The first-order chi connectivity index (χ1) is 5.86. The fourth-order valence-corrected chi connectivity index (χ4v) is 0.270. The third-order valence-electron chi connectivity index (χ3n) is 0.658. The van der Waals surface area contributed by atoms with Crippen LogP contribution in [0.15, 0.2) is 0 Å². The maximum Gasteiger partial charge on any atom is 0.303 e. The smallest absolute Gasteiger partial charge is 0.303 e. The molecule has 2 heteroatoms. The van der Waals surface area contributed by atoms with Crippen molar-refractivity contribution in [2.24, 2.45) is 5.92 Å². The van der Waals surface area contributed by atoms with E-state index in [1.54, 1.807) is 0 Å². The fourth-order valence-electron chi connectivity index (χ4n) is 0.270. The molecule has 0 aliphatic carbocycles. The molecule has 0 bridgehead atoms. The summed E-state index contributed by atoms with van der Waals surface area (Å²) in [6.45, 7) is -2.99. The molecule has 48 valence electrons. The monoisotopic (exact) mass is 121 g/mol. The van der Waals surface area contributed by atoms with Crippen molar-refractivity contribution >= 4 is 5.97 Å². The Balaban J connectivity index is 4.32. The molecule has 0 radical (unpaired) electrons. The Bertz CT molecular complexity index is 172. The molecule has 0 saturated carbocycles. The molecule has 2 nitrogen and oxygen atoms in total. The van der Waals surface area contributed by atoms with Gasteiger partial charge in [-0.3, -0.25) is 4.79 Å². The Kier molecular flexibility index (Phi) is 1.03. The van der Waals surface area contributed by atoms with Gasteiger partial charge < -0.3 is 5.11 Å². The van der Waals surface area contributed by atoms with Crippen molar-refractivity contribution in [2.45, 2.75) is 26.6 Å². The van der Waals surface area contributed by atoms with Gasteiger partial charge in [0.05, 0.1) is 0 Å². The topological polar surface area (TPSA) is 37.3 Å². The molecule has 0 fully saturated rings. The van der Waals surface area contributed by atoms with Crippen LogP contribution in [0.3, 0.4) is 0 Å². The first-order valence-corrected chi connectivity index (χ1v) is 2.19. The van der Waals surface area contributed by atoms with E-state index >= 15 is 0 Å². The van der Waals surface area contributed by atoms with Crippen LogP contribution in [0.5, 0.6) is 0 Å². The van der Waals surface area contributed by atoms with Gasteiger partial charge in [0, 0.05) is 13.3 Å². The third-order valence-corrected chi connectivity index (χ3v) is 0.658. The number of carbonyl (C=O) groups is 1. The standard InChI is InChI=1S/C6H12O2/c1-3-5(2)4-6(7)8/h5H,3-4H2,1-2H3,(H,7,8)/t5-/m0/s1/i1D2,2D2,3D/t3-,5+/m1. The highest BCUT2D eigenvalue weighted by Crippen LogP contribution is 2.04. The molecule has 0 rings (SSSR count). The van der Waals surface area contributed by atoms with Crippen LogP contribution in [-0.4, -0.2) is 11.1 Å². The average Bonchev–Trinajstić information content (AvgIpc) is 1.97. The Morgan fingerprint density at radius 3 is 3.25 bits per heavy atom. The van der Waals surface area contributed by atoms with E-state index in [9.17, 15) is 4.79 Å². The highest BCUT2D eigenvalue weighted by atomic mass is 16.4. The number of hydrogen-bond donors (Lipinski definition) is 1. The van der Waals surface area contributed by atoms with Crippen molar-refractivity contribution in [3.8, 4) is 0 Å². The molecular formula is C6H12O2. The first kappa shape index (κ1) is 2.38. The highest BCUT2D eigenvalue weighted by Gasteiger charge is 2.02. The lowest BCUT2D eigenvalue weighted by atomic mass is 10.1. The van der Waals surface area contributed by atoms with Crippen LogP contribution in [0.1, 0.15) is 33.4 Å². The van der Waals surface area contributed by atoms with E-state index in [4.69, 9.17) is 12.0 Å². The minimum absolute atomic E-state index is 0.500. The summed E-state index contributed by atoms with van der Waals surface area (Å²) in [5.74, 6) is -2.27. The van der Waals surface area contributed by atoms with Crippen molar-refractivity contribution < 1.29 is 16.8 Å². The molecule has 0 aromatic carbocycles. The van der Waals surface area contributed by atoms with Gasteiger partial charge in [-0.15, -0.1) is 0 Å². The van der Waals surface area contributed by atoms with E-state index in [0.29, 0.717) is 0 Å². The molecule has 0 aromatic heterocycles. The quantitative estimate of drug-likeness (QED) is 0.614. The average molecular weight is 121 g/mol. The maximum atomic E-state index is 10.3. The van der Waals surface area contributed by atoms with Crippen molar-refractivity contribution in [1.29, 1.82) is 0 Å². The highest BCUT2D eigenvalue weighted by molar-refractivity contribution is 5.66. The molecule has 0 aliphatic rings. The molecule has 0 saturated heterocycles. The summed E-state index contributed by atoms with van der Waals surface area (Å²) in [4.78, 5) is 10.3. The summed E-state index contributed by atoms with van der Waals surface area (Å²) in [5, 5.41) is 8.39. The molecule has 1 N–H and O–H groups in total. The molecule has 0 spiro atoms. The van der Waals surface area contributed by atoms with E-state index < -0.39 is 38.5 Å². The van der Waals surface area contributed by atoms with Gasteiger partial charge >= 0.3 is 5.97 Å². The number of hydrogen-bond acceptors (Lipinski definition) is 1. The second kappa shape index (κ2) is 3.47. The number of carboxylic acids is 1. The maximum absolute atomic E-state index is 10.3. The summed E-state index contributed by atoms with van der Waals surface area (Å²) >= 11 is 0. The van der Waals surface area contributed by atoms with Crippen LogP contribution in [0.4, 0.5) is 0 Å². The van der Waals surface area contributed by atoms with E-state index in [1.807, 2.05) is 0 Å². The summed E-state index contributed by atoms with van der Waals surface area (Å²) in [5.41, 5.74) is 0. The van der Waals surface area contributed by atoms with Crippen molar-refractivity contribution in [3.05, 3.63) is 0 Å². The molecule has 0 amide bonds. The number of carboxylic acid groups (broad SMARTS) is 1. The zero-order valence-electron chi connectivity index (χ0n) is 9.37. The lowest BCUT2D eigenvalue weighted by Gasteiger charge is -2.00. The van der Waals surface area contributed by atoms with Crippen LogP contribution >= 0.6 is 0 Å². The molecule has 0 aliphatic heterocycles. The Hall–Kier alpha value is -0.530. The zero-order chi connectivity index (χ0) is 10.6. The molecular weight excluding hydrogens is 104 g/mol. The van der Waals surface area contributed by atoms with Gasteiger partial charge in [0.1, 0.15) is 0 Å². The van der Waals surface area contributed by atoms with E-state index in [-0.39, 0.29) is 0 Å². The summed E-state index contributed by atoms with van der Waals surface area (Å²) in [7, 11) is 0. The fraction of sp³-hybridized carbons (Fsp3) is 0.833. The second-order valence-corrected chi connectivity index (χ2v) is 1.45. The predicted molar refractivity (Wildman–Crippen MR) is 31.7 cm³/mol. The normalized spacial score (nSPS) is 27.0. The minimum atomic E-state index is -1.51. The molecule has 0 unspecified atom stereocenters. The number of aliphatic carboxylic acids is 1. The van der Waals surface area contributed by atoms with Gasteiger partial charge in [-0.2, -0.15) is 0 Å². The Morgan fingerprint density at radius 1 is 2.12 bits per heavy atom. The molecule has 0 heterocycles. The number of rotatable bonds is 3. The second-order valence-electron chi connectivity index (χ2n) is 1.45. The summed E-state index contributed by atoms with van der Waals surface area (Å²) in [6, 6.07) is 0. The van der Waals surface area contributed by atoms with Gasteiger partial charge in [0.15, 0.2) is 0 Å². The van der Waals surface area contributed by atoms with Gasteiger partial charge in [-0.05, 0) is 5.92 Å². The summed E-state index contributed by atoms with van der Waals surface area (Å²) < 4.78 is 34.9. The molecule has 8 heavy (non-hydrogen) atoms. The van der Waals surface area contributed by atoms with Gasteiger partial charge in [0.25, 0.3) is 0 Å². The van der Waals surface area contributed by atoms with Gasteiger partial charge in [-0.25, -0.2) is 0 Å². The molecule has 2 atom stereocenters. The van der Waals surface area contributed by atoms with Crippen LogP contribution in [-0.2, 0) is 4.79 Å². The minimum Gasteiger partial charge on any atom is -0.481 e. The summed E-state index contributed by atoms with van der Waals surface area (Å²) in [6.07, 6.45) is -1.81. The van der Waals surface area contributed by atoms with Crippen molar-refractivity contribution in [2.75, 3.05) is 0 Å². The van der Waals surface area contributed by atoms with Gasteiger partial charge in [0.2, 0.25) is 0 Å². The van der Waals surface area contributed by atoms with Crippen LogP contribution in [0, 0.1) is 5.92 Å². The van der Waals surface area contributed by atoms with Crippen LogP contribution in [0.2, 0.25) is 0 Å². The predicted octanol–water partition coefficient (Wildman–Crippen LogP) is 1.51. The SMILES string of the molecule is [2H]C([2H])[C@@H]([2H])[C@@H](CC(=O)O)C([2H])[2H]. The largest absolute Gasteiger partial charge is 0.481 e. The van der Waals surface area contributed by atoms with Crippen molar-refractivity contribution in [1.82, 2.24) is 0 Å². The van der Waals surface area contributed by atoms with Crippen LogP contribution < -0.4 is 0 Å². The van der Waals surface area contributed by atoms with Crippen LogP contribution in [0.25, 0.3) is 0 Å². The van der Waals surface area contributed by atoms with E-state index in [2.05, 4.69) is 0 Å². The lowest BCUT2D eigenvalue weighted by molar-refractivity contribution is -0.137. The Morgan fingerprint density at radius 2 is 2.88 bits per heavy atom. The zero-order valence-corrected chi connectivity index (χ0v) is 4.37. The van der Waals surface area contributed by atoms with Crippen molar-refractivity contribution in [3.63, 3.8) is 0 Å². The Labute approximate surface area is 56.5 Å². The molecule has 0 aromatic rings. The van der Waals surface area contributed by atoms with Gasteiger partial charge in [-0.1, -0.05) is 20.1 Å². The third kappa shape index (κ3) is 3.65. The van der Waals surface area contributed by atoms with E-state index in [1.165, 1.54) is 0 Å². The first-order valence-electron chi connectivity index (χ1n) is 5.08. The van der Waals surface area contributed by atoms with E-state index in [0.717, 1.165) is 0 Å².